The summed E-state index contributed by atoms with van der Waals surface area (Å²) in [6.07, 6.45) is 0. The molecule has 0 amide bonds. The van der Waals surface area contributed by atoms with E-state index < -0.39 is 0 Å². The zero-order chi connectivity index (χ0) is 10.8. The molecule has 1 aromatic rings. The Morgan fingerprint density at radius 3 is 2.87 bits per heavy atom. The Morgan fingerprint density at radius 2 is 2.20 bits per heavy atom. The van der Waals surface area contributed by atoms with Crippen LogP contribution < -0.4 is 0 Å². The van der Waals surface area contributed by atoms with Crippen LogP contribution >= 0.6 is 15.9 Å². The molecule has 1 aromatic carbocycles. The van der Waals surface area contributed by atoms with Gasteiger partial charge in [0, 0.05) is 36.6 Å². The molecule has 0 aromatic heterocycles. The first-order valence-electron chi connectivity index (χ1n) is 5.28. The van der Waals surface area contributed by atoms with E-state index in [-0.39, 0.29) is 0 Å². The normalized spacial score (nSPS) is 17.8. The van der Waals surface area contributed by atoms with Gasteiger partial charge in [-0.3, -0.25) is 4.90 Å². The van der Waals surface area contributed by atoms with E-state index in [1.807, 2.05) is 0 Å². The van der Waals surface area contributed by atoms with E-state index in [0.29, 0.717) is 12.5 Å². The Labute approximate surface area is 99.0 Å². The molecule has 0 atom stereocenters. The van der Waals surface area contributed by atoms with E-state index in [4.69, 9.17) is 5.11 Å². The average Bonchev–Trinajstić information content (AvgIpc) is 2.17. The Hall–Kier alpha value is -0.380. The lowest BCUT2D eigenvalue weighted by Gasteiger charge is -2.38. The van der Waals surface area contributed by atoms with Crippen LogP contribution in [0.3, 0.4) is 0 Å². The van der Waals surface area contributed by atoms with Gasteiger partial charge in [0.2, 0.25) is 0 Å². The van der Waals surface area contributed by atoms with Gasteiger partial charge >= 0.3 is 0 Å². The topological polar surface area (TPSA) is 23.5 Å². The molecule has 1 saturated heterocycles. The van der Waals surface area contributed by atoms with Crippen molar-refractivity contribution in [3.63, 3.8) is 0 Å². The molecule has 82 valence electrons. The van der Waals surface area contributed by atoms with Crippen LogP contribution in [-0.4, -0.2) is 29.7 Å². The lowest BCUT2D eigenvalue weighted by atomic mass is 10.00. The van der Waals surface area contributed by atoms with Crippen molar-refractivity contribution in [2.24, 2.45) is 5.92 Å². The third kappa shape index (κ3) is 2.41. The highest BCUT2D eigenvalue weighted by Gasteiger charge is 2.25. The van der Waals surface area contributed by atoms with Crippen molar-refractivity contribution in [2.75, 3.05) is 19.7 Å². The van der Waals surface area contributed by atoms with Crippen molar-refractivity contribution in [3.8, 4) is 0 Å². The molecule has 2 rings (SSSR count). The second-order valence-corrected chi connectivity index (χ2v) is 5.08. The lowest BCUT2D eigenvalue weighted by Crippen LogP contribution is -2.47. The molecule has 0 bridgehead atoms. The highest BCUT2D eigenvalue weighted by Crippen LogP contribution is 2.25. The van der Waals surface area contributed by atoms with E-state index in [1.165, 1.54) is 15.6 Å². The van der Waals surface area contributed by atoms with Gasteiger partial charge in [-0.25, -0.2) is 0 Å². The molecular formula is C12H16BrNO. The van der Waals surface area contributed by atoms with E-state index in [9.17, 15) is 0 Å². The Kier molecular flexibility index (Phi) is 3.44. The van der Waals surface area contributed by atoms with Gasteiger partial charge in [0.1, 0.15) is 0 Å². The number of hydrogen-bond donors (Lipinski definition) is 1. The highest BCUT2D eigenvalue weighted by molar-refractivity contribution is 9.10. The standard InChI is InChI=1S/C12H16BrNO/c1-9-3-2-4-11(12(9)13)7-14-5-10(6-14)8-15/h2-4,10,15H,5-8H2,1H3. The van der Waals surface area contributed by atoms with Crippen LogP contribution in [0, 0.1) is 12.8 Å². The van der Waals surface area contributed by atoms with Crippen molar-refractivity contribution in [1.29, 1.82) is 0 Å². The number of halogens is 1. The van der Waals surface area contributed by atoms with Crippen LogP contribution in [0.1, 0.15) is 11.1 Å². The fraction of sp³-hybridized carbons (Fsp3) is 0.500. The van der Waals surface area contributed by atoms with Gasteiger partial charge in [-0.15, -0.1) is 0 Å². The summed E-state index contributed by atoms with van der Waals surface area (Å²) in [5.74, 6) is 0.494. The first-order chi connectivity index (χ1) is 7.20. The average molecular weight is 270 g/mol. The van der Waals surface area contributed by atoms with Crippen LogP contribution in [0.5, 0.6) is 0 Å². The molecule has 15 heavy (non-hydrogen) atoms. The van der Waals surface area contributed by atoms with E-state index in [0.717, 1.165) is 19.6 Å². The van der Waals surface area contributed by atoms with Crippen LogP contribution in [0.4, 0.5) is 0 Å². The Bertz CT molecular complexity index is 347. The van der Waals surface area contributed by atoms with Gasteiger partial charge in [0.05, 0.1) is 0 Å². The minimum atomic E-state index is 0.325. The van der Waals surface area contributed by atoms with E-state index in [2.05, 4.69) is 46.0 Å². The molecule has 1 fully saturated rings. The summed E-state index contributed by atoms with van der Waals surface area (Å²) in [6.45, 7) is 5.47. The van der Waals surface area contributed by atoms with Gasteiger partial charge in [-0.2, -0.15) is 0 Å². The molecular weight excluding hydrogens is 254 g/mol. The molecule has 0 spiro atoms. The molecule has 1 heterocycles. The number of aliphatic hydroxyl groups is 1. The van der Waals surface area contributed by atoms with Crippen molar-refractivity contribution in [1.82, 2.24) is 4.90 Å². The van der Waals surface area contributed by atoms with Crippen LogP contribution in [0.15, 0.2) is 22.7 Å². The minimum absolute atomic E-state index is 0.325. The number of likely N-dealkylation sites (tertiary alicyclic amines) is 1. The second-order valence-electron chi connectivity index (χ2n) is 4.29. The number of aliphatic hydroxyl groups excluding tert-OH is 1. The van der Waals surface area contributed by atoms with Crippen molar-refractivity contribution < 1.29 is 5.11 Å². The summed E-state index contributed by atoms with van der Waals surface area (Å²) < 4.78 is 1.22. The second kappa shape index (κ2) is 4.64. The van der Waals surface area contributed by atoms with Crippen molar-refractivity contribution >= 4 is 15.9 Å². The number of hydrogen-bond acceptors (Lipinski definition) is 2. The molecule has 0 saturated carbocycles. The summed E-state index contributed by atoms with van der Waals surface area (Å²) in [4.78, 5) is 2.36. The molecule has 1 aliphatic rings. The molecule has 1 aliphatic heterocycles. The first-order valence-corrected chi connectivity index (χ1v) is 6.07. The van der Waals surface area contributed by atoms with Gasteiger partial charge in [-0.05, 0) is 18.1 Å². The number of aryl methyl sites for hydroxylation is 1. The number of nitrogens with zero attached hydrogens (tertiary/aromatic N) is 1. The fourth-order valence-corrected chi connectivity index (χ4v) is 2.38. The predicted octanol–water partition coefficient (Wildman–Crippen LogP) is 2.18. The van der Waals surface area contributed by atoms with Crippen LogP contribution in [-0.2, 0) is 6.54 Å². The largest absolute Gasteiger partial charge is 0.396 e. The molecule has 0 radical (unpaired) electrons. The maximum absolute atomic E-state index is 8.93. The zero-order valence-corrected chi connectivity index (χ0v) is 10.5. The molecule has 1 N–H and O–H groups in total. The Balaban J connectivity index is 1.97. The summed E-state index contributed by atoms with van der Waals surface area (Å²) >= 11 is 3.62. The lowest BCUT2D eigenvalue weighted by molar-refractivity contribution is 0.0477. The molecule has 2 nitrogen and oxygen atoms in total. The van der Waals surface area contributed by atoms with Crippen molar-refractivity contribution in [2.45, 2.75) is 13.5 Å². The van der Waals surface area contributed by atoms with E-state index >= 15 is 0 Å². The molecule has 0 unspecified atom stereocenters. The van der Waals surface area contributed by atoms with Crippen molar-refractivity contribution in [3.05, 3.63) is 33.8 Å². The fourth-order valence-electron chi connectivity index (χ4n) is 1.99. The van der Waals surface area contributed by atoms with Gasteiger partial charge in [-0.1, -0.05) is 34.1 Å². The molecule has 0 aliphatic carbocycles. The maximum atomic E-state index is 8.93. The third-order valence-corrected chi connectivity index (χ3v) is 4.09. The van der Waals surface area contributed by atoms with Gasteiger partial charge in [0.15, 0.2) is 0 Å². The number of rotatable bonds is 3. The first kappa shape index (κ1) is 11.1. The van der Waals surface area contributed by atoms with Crippen LogP contribution in [0.25, 0.3) is 0 Å². The third-order valence-electron chi connectivity index (χ3n) is 2.96. The SMILES string of the molecule is Cc1cccc(CN2CC(CO)C2)c1Br. The Morgan fingerprint density at radius 1 is 1.47 bits per heavy atom. The van der Waals surface area contributed by atoms with Gasteiger partial charge < -0.3 is 5.11 Å². The van der Waals surface area contributed by atoms with Crippen LogP contribution in [0.2, 0.25) is 0 Å². The summed E-state index contributed by atoms with van der Waals surface area (Å²) in [7, 11) is 0. The maximum Gasteiger partial charge on any atom is 0.0483 e. The zero-order valence-electron chi connectivity index (χ0n) is 8.91. The smallest absolute Gasteiger partial charge is 0.0483 e. The van der Waals surface area contributed by atoms with Gasteiger partial charge in [0.25, 0.3) is 0 Å². The monoisotopic (exact) mass is 269 g/mol. The van der Waals surface area contributed by atoms with E-state index in [1.54, 1.807) is 0 Å². The quantitative estimate of drug-likeness (QED) is 0.910. The predicted molar refractivity (Wildman–Crippen MR) is 64.7 cm³/mol. The number of benzene rings is 1. The summed E-state index contributed by atoms with van der Waals surface area (Å²) in [5.41, 5.74) is 2.62. The summed E-state index contributed by atoms with van der Waals surface area (Å²) in [6, 6.07) is 6.36. The summed E-state index contributed by atoms with van der Waals surface area (Å²) in [5, 5.41) is 8.93. The molecule has 3 heteroatoms. The highest BCUT2D eigenvalue weighted by atomic mass is 79.9. The minimum Gasteiger partial charge on any atom is -0.396 e.